The summed E-state index contributed by atoms with van der Waals surface area (Å²) in [7, 11) is 0. The monoisotopic (exact) mass is 379 g/mol. The minimum absolute atomic E-state index is 0.0174. The molecule has 0 spiro atoms. The molecule has 1 aliphatic rings. The number of halogens is 3. The van der Waals surface area contributed by atoms with Gasteiger partial charge in [0.1, 0.15) is 11.6 Å². The highest BCUT2D eigenvalue weighted by atomic mass is 79.9. The second kappa shape index (κ2) is 6.79. The van der Waals surface area contributed by atoms with E-state index in [0.717, 1.165) is 5.56 Å². The van der Waals surface area contributed by atoms with Gasteiger partial charge in [0.2, 0.25) is 5.91 Å². The maximum atomic E-state index is 13.7. The molecule has 0 saturated heterocycles. The van der Waals surface area contributed by atoms with Crippen molar-refractivity contribution in [3.8, 4) is 0 Å². The van der Waals surface area contributed by atoms with Crippen LogP contribution in [0.3, 0.4) is 0 Å². The van der Waals surface area contributed by atoms with E-state index in [0.29, 0.717) is 29.4 Å². The van der Waals surface area contributed by atoms with Gasteiger partial charge in [0.15, 0.2) is 0 Å². The van der Waals surface area contributed by atoms with E-state index >= 15 is 0 Å². The van der Waals surface area contributed by atoms with Gasteiger partial charge in [-0.15, -0.1) is 0 Å². The van der Waals surface area contributed by atoms with Crippen LogP contribution in [-0.2, 0) is 11.2 Å². The first-order chi connectivity index (χ1) is 11.1. The smallest absolute Gasteiger partial charge is 0.223 e. The SMILES string of the molecule is O=C(NCCc1ccc(F)c(Br)c1)C1CC1c1ccccc1F. The third-order valence-corrected chi connectivity index (χ3v) is 4.74. The first kappa shape index (κ1) is 16.1. The zero-order valence-corrected chi connectivity index (χ0v) is 13.9. The predicted molar refractivity (Wildman–Crippen MR) is 88.1 cm³/mol. The number of carbonyl (C=O) groups excluding carboxylic acids is 1. The number of hydrogen-bond acceptors (Lipinski definition) is 1. The van der Waals surface area contributed by atoms with Gasteiger partial charge in [0, 0.05) is 12.5 Å². The molecule has 2 atom stereocenters. The van der Waals surface area contributed by atoms with Crippen LogP contribution < -0.4 is 5.32 Å². The Kier molecular flexibility index (Phi) is 4.76. The van der Waals surface area contributed by atoms with Crippen molar-refractivity contribution in [2.75, 3.05) is 6.54 Å². The molecule has 120 valence electrons. The Morgan fingerprint density at radius 3 is 2.70 bits per heavy atom. The second-order valence-corrected chi connectivity index (χ2v) is 6.61. The van der Waals surface area contributed by atoms with Crippen molar-refractivity contribution in [1.82, 2.24) is 5.32 Å². The number of benzene rings is 2. The van der Waals surface area contributed by atoms with Crippen LogP contribution in [0.1, 0.15) is 23.5 Å². The van der Waals surface area contributed by atoms with Crippen molar-refractivity contribution >= 4 is 21.8 Å². The highest BCUT2D eigenvalue weighted by molar-refractivity contribution is 9.10. The van der Waals surface area contributed by atoms with E-state index in [9.17, 15) is 13.6 Å². The molecule has 0 aromatic heterocycles. The Morgan fingerprint density at radius 2 is 1.96 bits per heavy atom. The van der Waals surface area contributed by atoms with E-state index in [2.05, 4.69) is 21.2 Å². The van der Waals surface area contributed by atoms with Crippen LogP contribution in [0, 0.1) is 17.6 Å². The fourth-order valence-electron chi connectivity index (χ4n) is 2.76. The largest absolute Gasteiger partial charge is 0.356 e. The van der Waals surface area contributed by atoms with Gasteiger partial charge in [0.25, 0.3) is 0 Å². The zero-order valence-electron chi connectivity index (χ0n) is 12.4. The molecule has 0 bridgehead atoms. The molecular weight excluding hydrogens is 364 g/mol. The van der Waals surface area contributed by atoms with Crippen molar-refractivity contribution in [2.45, 2.75) is 18.8 Å². The molecule has 0 aliphatic heterocycles. The maximum absolute atomic E-state index is 13.7. The molecule has 2 aromatic carbocycles. The van der Waals surface area contributed by atoms with Crippen LogP contribution in [-0.4, -0.2) is 12.5 Å². The number of amides is 1. The second-order valence-electron chi connectivity index (χ2n) is 5.76. The van der Waals surface area contributed by atoms with E-state index in [1.165, 1.54) is 12.1 Å². The van der Waals surface area contributed by atoms with Crippen LogP contribution in [0.25, 0.3) is 0 Å². The molecule has 0 heterocycles. The first-order valence-electron chi connectivity index (χ1n) is 7.52. The van der Waals surface area contributed by atoms with Gasteiger partial charge in [0.05, 0.1) is 4.47 Å². The van der Waals surface area contributed by atoms with E-state index in [4.69, 9.17) is 0 Å². The van der Waals surface area contributed by atoms with Crippen LogP contribution in [0.15, 0.2) is 46.9 Å². The Balaban J connectivity index is 1.49. The normalized spacial score (nSPS) is 19.4. The Hall–Kier alpha value is -1.75. The first-order valence-corrected chi connectivity index (χ1v) is 8.31. The van der Waals surface area contributed by atoms with E-state index in [1.807, 2.05) is 0 Å². The molecule has 0 radical (unpaired) electrons. The summed E-state index contributed by atoms with van der Waals surface area (Å²) in [5.41, 5.74) is 1.56. The lowest BCUT2D eigenvalue weighted by Gasteiger charge is -2.06. The number of hydrogen-bond donors (Lipinski definition) is 1. The number of rotatable bonds is 5. The summed E-state index contributed by atoms with van der Waals surface area (Å²) in [6.07, 6.45) is 1.32. The molecule has 2 aromatic rings. The highest BCUT2D eigenvalue weighted by Gasteiger charge is 2.44. The molecule has 5 heteroatoms. The van der Waals surface area contributed by atoms with Crippen molar-refractivity contribution in [3.05, 3.63) is 69.7 Å². The summed E-state index contributed by atoms with van der Waals surface area (Å²) in [5.74, 6) is -0.755. The van der Waals surface area contributed by atoms with Gasteiger partial charge in [-0.1, -0.05) is 24.3 Å². The van der Waals surface area contributed by atoms with Gasteiger partial charge < -0.3 is 5.32 Å². The molecule has 1 fully saturated rings. The quantitative estimate of drug-likeness (QED) is 0.828. The summed E-state index contributed by atoms with van der Waals surface area (Å²) < 4.78 is 27.3. The molecule has 3 rings (SSSR count). The molecule has 1 N–H and O–H groups in total. The third kappa shape index (κ3) is 3.78. The van der Waals surface area contributed by atoms with Crippen LogP contribution >= 0.6 is 15.9 Å². The van der Waals surface area contributed by atoms with Crippen molar-refractivity contribution < 1.29 is 13.6 Å². The van der Waals surface area contributed by atoms with Gasteiger partial charge in [-0.25, -0.2) is 8.78 Å². The molecule has 1 saturated carbocycles. The van der Waals surface area contributed by atoms with Crippen LogP contribution in [0.5, 0.6) is 0 Å². The Morgan fingerprint density at radius 1 is 1.17 bits per heavy atom. The minimum Gasteiger partial charge on any atom is -0.356 e. The van der Waals surface area contributed by atoms with Gasteiger partial charge in [-0.3, -0.25) is 4.79 Å². The Labute approximate surface area is 142 Å². The summed E-state index contributed by atoms with van der Waals surface area (Å²) >= 11 is 3.14. The molecule has 23 heavy (non-hydrogen) atoms. The van der Waals surface area contributed by atoms with Crippen molar-refractivity contribution in [3.63, 3.8) is 0 Å². The third-order valence-electron chi connectivity index (χ3n) is 4.13. The van der Waals surface area contributed by atoms with E-state index in [-0.39, 0.29) is 29.4 Å². The van der Waals surface area contributed by atoms with E-state index < -0.39 is 0 Å². The number of nitrogens with one attached hydrogen (secondary N) is 1. The van der Waals surface area contributed by atoms with Gasteiger partial charge >= 0.3 is 0 Å². The Bertz CT molecular complexity index is 735. The van der Waals surface area contributed by atoms with Crippen LogP contribution in [0.4, 0.5) is 8.78 Å². The maximum Gasteiger partial charge on any atom is 0.223 e. The van der Waals surface area contributed by atoms with E-state index in [1.54, 1.807) is 30.3 Å². The van der Waals surface area contributed by atoms with Crippen LogP contribution in [0.2, 0.25) is 0 Å². The average Bonchev–Trinajstić information content (AvgIpc) is 3.32. The lowest BCUT2D eigenvalue weighted by atomic mass is 10.1. The summed E-state index contributed by atoms with van der Waals surface area (Å²) in [5, 5.41) is 2.88. The standard InChI is InChI=1S/C18H16BrF2NO/c19-15-9-11(5-6-17(15)21)7-8-22-18(23)14-10-13(14)12-3-1-2-4-16(12)20/h1-6,9,13-14H,7-8,10H2,(H,22,23). The fourth-order valence-corrected chi connectivity index (χ4v) is 3.19. The molecule has 1 aliphatic carbocycles. The number of carbonyl (C=O) groups is 1. The summed E-state index contributed by atoms with van der Waals surface area (Å²) in [4.78, 5) is 12.1. The average molecular weight is 380 g/mol. The summed E-state index contributed by atoms with van der Waals surface area (Å²) in [6.45, 7) is 0.484. The fraction of sp³-hybridized carbons (Fsp3) is 0.278. The topological polar surface area (TPSA) is 29.1 Å². The van der Waals surface area contributed by atoms with Crippen molar-refractivity contribution in [2.24, 2.45) is 5.92 Å². The lowest BCUT2D eigenvalue weighted by Crippen LogP contribution is -2.27. The molecule has 2 unspecified atom stereocenters. The molecule has 1 amide bonds. The molecular formula is C18H16BrF2NO. The summed E-state index contributed by atoms with van der Waals surface area (Å²) in [6, 6.07) is 11.4. The van der Waals surface area contributed by atoms with Gasteiger partial charge in [-0.2, -0.15) is 0 Å². The van der Waals surface area contributed by atoms with Crippen molar-refractivity contribution in [1.29, 1.82) is 0 Å². The zero-order chi connectivity index (χ0) is 16.4. The van der Waals surface area contributed by atoms with Gasteiger partial charge in [-0.05, 0) is 64.0 Å². The lowest BCUT2D eigenvalue weighted by molar-refractivity contribution is -0.122. The highest BCUT2D eigenvalue weighted by Crippen LogP contribution is 2.48. The predicted octanol–water partition coefficient (Wildman–Crippen LogP) is 4.19. The minimum atomic E-state index is -0.302. The molecule has 2 nitrogen and oxygen atoms in total.